The molecule has 0 radical (unpaired) electrons. The van der Waals surface area contributed by atoms with E-state index in [4.69, 9.17) is 0 Å². The maximum absolute atomic E-state index is 12.4. The Balaban J connectivity index is 2.00. The van der Waals surface area contributed by atoms with Gasteiger partial charge in [0.2, 0.25) is 11.8 Å². The van der Waals surface area contributed by atoms with Crippen molar-refractivity contribution in [2.45, 2.75) is 24.9 Å². The van der Waals surface area contributed by atoms with E-state index in [-0.39, 0.29) is 17.1 Å². The Bertz CT molecular complexity index is 704. The van der Waals surface area contributed by atoms with Crippen LogP contribution in [0.5, 0.6) is 0 Å². The summed E-state index contributed by atoms with van der Waals surface area (Å²) in [7, 11) is 1.70. The summed E-state index contributed by atoms with van der Waals surface area (Å²) in [4.78, 5) is 25.6. The molecule has 0 aliphatic carbocycles. The van der Waals surface area contributed by atoms with Crippen LogP contribution in [0.3, 0.4) is 0 Å². The fourth-order valence-corrected chi connectivity index (χ4v) is 2.99. The van der Waals surface area contributed by atoms with E-state index in [1.165, 1.54) is 17.4 Å². The van der Waals surface area contributed by atoms with Gasteiger partial charge in [-0.05, 0) is 24.6 Å². The first kappa shape index (κ1) is 18.1. The lowest BCUT2D eigenvalue weighted by atomic mass is 10.2. The van der Waals surface area contributed by atoms with Crippen LogP contribution in [0.15, 0.2) is 54.6 Å². The van der Waals surface area contributed by atoms with E-state index in [1.807, 2.05) is 43.3 Å². The predicted molar refractivity (Wildman–Crippen MR) is 101 cm³/mol. The molecule has 0 heterocycles. The summed E-state index contributed by atoms with van der Waals surface area (Å²) in [6.07, 6.45) is 0. The molecule has 0 saturated heterocycles. The van der Waals surface area contributed by atoms with Gasteiger partial charge in [-0.2, -0.15) is 0 Å². The van der Waals surface area contributed by atoms with Gasteiger partial charge in [0.1, 0.15) is 0 Å². The Hall–Kier alpha value is -2.27. The summed E-state index contributed by atoms with van der Waals surface area (Å²) >= 11 is 1.58. The first-order chi connectivity index (χ1) is 11.5. The first-order valence-corrected chi connectivity index (χ1v) is 8.83. The number of rotatable bonds is 6. The molecule has 2 aromatic rings. The molecule has 1 atom stereocenters. The summed E-state index contributed by atoms with van der Waals surface area (Å²) < 4.78 is 0. The fourth-order valence-electron chi connectivity index (χ4n) is 2.15. The number of nitrogens with one attached hydrogen (secondary N) is 1. The molecule has 0 bridgehead atoms. The number of amides is 2. The standard InChI is InChI=1S/C19H22N2O2S/c1-14(24-13-16-9-5-4-6-10-16)19(23)20-17-11-7-8-12-18(17)21(3)15(2)22/h4-12,14H,13H2,1-3H3,(H,20,23)/t14-/m1/s1. The summed E-state index contributed by atoms with van der Waals surface area (Å²) in [6.45, 7) is 3.39. The average molecular weight is 342 g/mol. The molecular weight excluding hydrogens is 320 g/mol. The summed E-state index contributed by atoms with van der Waals surface area (Å²) in [6, 6.07) is 17.4. The molecule has 0 aliphatic rings. The van der Waals surface area contributed by atoms with E-state index < -0.39 is 0 Å². The van der Waals surface area contributed by atoms with Crippen LogP contribution >= 0.6 is 11.8 Å². The van der Waals surface area contributed by atoms with Gasteiger partial charge in [0.05, 0.1) is 16.6 Å². The van der Waals surface area contributed by atoms with Crippen molar-refractivity contribution in [3.05, 3.63) is 60.2 Å². The quantitative estimate of drug-likeness (QED) is 0.865. The first-order valence-electron chi connectivity index (χ1n) is 7.78. The van der Waals surface area contributed by atoms with Gasteiger partial charge in [-0.1, -0.05) is 42.5 Å². The van der Waals surface area contributed by atoms with Crippen LogP contribution in [0, 0.1) is 0 Å². The van der Waals surface area contributed by atoms with E-state index in [1.54, 1.807) is 24.9 Å². The van der Waals surface area contributed by atoms with Gasteiger partial charge in [-0.15, -0.1) is 11.8 Å². The van der Waals surface area contributed by atoms with Crippen molar-refractivity contribution in [2.75, 3.05) is 17.3 Å². The van der Waals surface area contributed by atoms with Crippen LogP contribution < -0.4 is 10.2 Å². The Kier molecular flexibility index (Phi) is 6.44. The Morgan fingerprint density at radius 2 is 1.71 bits per heavy atom. The van der Waals surface area contributed by atoms with Gasteiger partial charge in [-0.3, -0.25) is 9.59 Å². The zero-order chi connectivity index (χ0) is 17.5. The van der Waals surface area contributed by atoms with Crippen molar-refractivity contribution in [2.24, 2.45) is 0 Å². The normalized spacial score (nSPS) is 11.6. The van der Waals surface area contributed by atoms with Crippen molar-refractivity contribution in [1.82, 2.24) is 0 Å². The number of carbonyl (C=O) groups is 2. The largest absolute Gasteiger partial charge is 0.323 e. The van der Waals surface area contributed by atoms with E-state index in [0.717, 1.165) is 5.75 Å². The van der Waals surface area contributed by atoms with Crippen molar-refractivity contribution >= 4 is 35.0 Å². The Morgan fingerprint density at radius 3 is 2.38 bits per heavy atom. The highest BCUT2D eigenvalue weighted by Gasteiger charge is 2.17. The Labute approximate surface area is 147 Å². The lowest BCUT2D eigenvalue weighted by Gasteiger charge is -2.20. The van der Waals surface area contributed by atoms with E-state index in [9.17, 15) is 9.59 Å². The van der Waals surface area contributed by atoms with Crippen molar-refractivity contribution in [3.8, 4) is 0 Å². The molecule has 0 aliphatic heterocycles. The minimum atomic E-state index is -0.194. The van der Waals surface area contributed by atoms with Crippen LogP contribution in [-0.2, 0) is 15.3 Å². The average Bonchev–Trinajstić information content (AvgIpc) is 2.60. The summed E-state index contributed by atoms with van der Waals surface area (Å²) in [5.41, 5.74) is 2.53. The molecule has 0 fully saturated rings. The number of thioether (sulfide) groups is 1. The smallest absolute Gasteiger partial charge is 0.237 e. The molecule has 2 aromatic carbocycles. The number of hydrogen-bond acceptors (Lipinski definition) is 3. The van der Waals surface area contributed by atoms with E-state index in [2.05, 4.69) is 17.4 Å². The molecule has 2 rings (SSSR count). The Morgan fingerprint density at radius 1 is 1.08 bits per heavy atom. The van der Waals surface area contributed by atoms with Crippen molar-refractivity contribution < 1.29 is 9.59 Å². The van der Waals surface area contributed by atoms with Crippen LogP contribution in [0.25, 0.3) is 0 Å². The molecule has 4 nitrogen and oxygen atoms in total. The van der Waals surface area contributed by atoms with E-state index in [0.29, 0.717) is 11.4 Å². The third-order valence-corrected chi connectivity index (χ3v) is 4.92. The van der Waals surface area contributed by atoms with E-state index >= 15 is 0 Å². The minimum absolute atomic E-state index is 0.0691. The van der Waals surface area contributed by atoms with Gasteiger partial charge in [0, 0.05) is 19.7 Å². The second-order valence-corrected chi connectivity index (χ2v) is 6.85. The molecule has 0 saturated carbocycles. The van der Waals surface area contributed by atoms with Crippen LogP contribution in [0.4, 0.5) is 11.4 Å². The number of hydrogen-bond donors (Lipinski definition) is 1. The third kappa shape index (κ3) is 4.86. The number of anilines is 2. The minimum Gasteiger partial charge on any atom is -0.323 e. The third-order valence-electron chi connectivity index (χ3n) is 3.71. The van der Waals surface area contributed by atoms with Gasteiger partial charge < -0.3 is 10.2 Å². The highest BCUT2D eigenvalue weighted by Crippen LogP contribution is 2.26. The second kappa shape index (κ2) is 8.55. The van der Waals surface area contributed by atoms with Gasteiger partial charge in [-0.25, -0.2) is 0 Å². The number of carbonyl (C=O) groups excluding carboxylic acids is 2. The summed E-state index contributed by atoms with van der Waals surface area (Å²) in [5.74, 6) is 0.633. The fraction of sp³-hybridized carbons (Fsp3) is 0.263. The molecule has 24 heavy (non-hydrogen) atoms. The second-order valence-electron chi connectivity index (χ2n) is 5.52. The summed E-state index contributed by atoms with van der Waals surface area (Å²) in [5, 5.41) is 2.74. The van der Waals surface area contributed by atoms with Gasteiger partial charge >= 0.3 is 0 Å². The molecule has 2 amide bonds. The van der Waals surface area contributed by atoms with Gasteiger partial charge in [0.25, 0.3) is 0 Å². The molecule has 0 spiro atoms. The highest BCUT2D eigenvalue weighted by atomic mass is 32.2. The molecule has 5 heteroatoms. The lowest BCUT2D eigenvalue weighted by Crippen LogP contribution is -2.27. The molecule has 0 unspecified atom stereocenters. The van der Waals surface area contributed by atoms with Crippen molar-refractivity contribution in [3.63, 3.8) is 0 Å². The van der Waals surface area contributed by atoms with Crippen molar-refractivity contribution in [1.29, 1.82) is 0 Å². The maximum atomic E-state index is 12.4. The predicted octanol–water partition coefficient (Wildman–Crippen LogP) is 3.93. The molecule has 1 N–H and O–H groups in total. The van der Waals surface area contributed by atoms with Gasteiger partial charge in [0.15, 0.2) is 0 Å². The molecule has 126 valence electrons. The number of nitrogens with zero attached hydrogens (tertiary/aromatic N) is 1. The molecular formula is C19H22N2O2S. The highest BCUT2D eigenvalue weighted by molar-refractivity contribution is 7.99. The maximum Gasteiger partial charge on any atom is 0.237 e. The topological polar surface area (TPSA) is 49.4 Å². The zero-order valence-corrected chi connectivity index (χ0v) is 15.0. The monoisotopic (exact) mass is 342 g/mol. The molecule has 0 aromatic heterocycles. The zero-order valence-electron chi connectivity index (χ0n) is 14.2. The number of para-hydroxylation sites is 2. The van der Waals surface area contributed by atoms with Crippen LogP contribution in [0.2, 0.25) is 0 Å². The number of benzene rings is 2. The van der Waals surface area contributed by atoms with Crippen LogP contribution in [0.1, 0.15) is 19.4 Å². The SMILES string of the molecule is CC(=O)N(C)c1ccccc1NC(=O)[C@@H](C)SCc1ccccc1. The van der Waals surface area contributed by atoms with Crippen LogP contribution in [-0.4, -0.2) is 24.1 Å². The lowest BCUT2D eigenvalue weighted by molar-refractivity contribution is -0.116.